The molecule has 1 saturated carbocycles. The Kier molecular flexibility index (Phi) is 6.13. The van der Waals surface area contributed by atoms with Crippen molar-refractivity contribution in [3.8, 4) is 23.7 Å². The van der Waals surface area contributed by atoms with Gasteiger partial charge in [0.15, 0.2) is 0 Å². The molecule has 1 aromatic rings. The van der Waals surface area contributed by atoms with Crippen molar-refractivity contribution in [3.63, 3.8) is 0 Å². The summed E-state index contributed by atoms with van der Waals surface area (Å²) >= 11 is 0. The molecule has 7 heteroatoms. The Morgan fingerprint density at radius 1 is 1.32 bits per heavy atom. The summed E-state index contributed by atoms with van der Waals surface area (Å²) in [6.07, 6.45) is 0.902. The van der Waals surface area contributed by atoms with Crippen LogP contribution in [-0.4, -0.2) is 34.3 Å². The number of amides is 2. The van der Waals surface area contributed by atoms with E-state index in [0.717, 1.165) is 18.9 Å². The molecule has 25 heavy (non-hydrogen) atoms. The predicted octanol–water partition coefficient (Wildman–Crippen LogP) is 0.575. The van der Waals surface area contributed by atoms with Crippen LogP contribution in [0.3, 0.4) is 0 Å². The summed E-state index contributed by atoms with van der Waals surface area (Å²) in [5.41, 5.74) is 1.39. The van der Waals surface area contributed by atoms with Gasteiger partial charge in [0.1, 0.15) is 11.9 Å². The van der Waals surface area contributed by atoms with Crippen molar-refractivity contribution >= 4 is 11.8 Å². The highest BCUT2D eigenvalue weighted by molar-refractivity contribution is 5.97. The lowest BCUT2D eigenvalue weighted by atomic mass is 10.1. The number of aliphatic hydroxyl groups is 1. The lowest BCUT2D eigenvalue weighted by Gasteiger charge is -2.19. The molecule has 6 nitrogen and oxygen atoms in total. The van der Waals surface area contributed by atoms with Gasteiger partial charge in [0.25, 0.3) is 11.8 Å². The molecule has 2 rings (SSSR count). The number of hydroxylamine groups is 1. The van der Waals surface area contributed by atoms with Crippen LogP contribution < -0.4 is 10.8 Å². The third-order valence-corrected chi connectivity index (χ3v) is 3.51. The van der Waals surface area contributed by atoms with Crippen molar-refractivity contribution in [1.82, 2.24) is 10.8 Å². The number of carbonyl (C=O) groups excluding carboxylic acids is 2. The van der Waals surface area contributed by atoms with Crippen molar-refractivity contribution in [2.75, 3.05) is 0 Å². The van der Waals surface area contributed by atoms with Crippen LogP contribution in [-0.2, 0) is 4.79 Å². The Morgan fingerprint density at radius 3 is 2.60 bits per heavy atom. The van der Waals surface area contributed by atoms with E-state index in [0.29, 0.717) is 5.92 Å². The quantitative estimate of drug-likeness (QED) is 0.365. The fourth-order valence-corrected chi connectivity index (χ4v) is 1.92. The molecule has 2 amide bonds. The number of nitrogens with one attached hydrogen (secondary N) is 2. The van der Waals surface area contributed by atoms with Crippen LogP contribution in [0.25, 0.3) is 0 Å². The smallest absolute Gasteiger partial charge is 0.268 e. The largest absolute Gasteiger partial charge is 0.391 e. The van der Waals surface area contributed by atoms with Crippen molar-refractivity contribution < 1.29 is 24.3 Å². The molecule has 0 aliphatic heterocycles. The van der Waals surface area contributed by atoms with Gasteiger partial charge in [-0.1, -0.05) is 5.92 Å². The Hall–Kier alpha value is -2.87. The molecule has 0 aromatic heterocycles. The van der Waals surface area contributed by atoms with Gasteiger partial charge < -0.3 is 10.4 Å². The van der Waals surface area contributed by atoms with E-state index in [1.807, 2.05) is 0 Å². The minimum atomic E-state index is -1.38. The molecular weight excluding hydrogens is 327 g/mol. The molecule has 130 valence electrons. The molecule has 1 aromatic carbocycles. The van der Waals surface area contributed by atoms with Crippen LogP contribution in [0.2, 0.25) is 0 Å². The number of hydrogen-bond donors (Lipinski definition) is 4. The van der Waals surface area contributed by atoms with Crippen molar-refractivity contribution in [1.29, 1.82) is 0 Å². The van der Waals surface area contributed by atoms with E-state index in [4.69, 9.17) is 5.21 Å². The van der Waals surface area contributed by atoms with Gasteiger partial charge >= 0.3 is 0 Å². The lowest BCUT2D eigenvalue weighted by Crippen LogP contribution is -2.51. The zero-order chi connectivity index (χ0) is 18.4. The molecule has 0 spiro atoms. The minimum Gasteiger partial charge on any atom is -0.391 e. The summed E-state index contributed by atoms with van der Waals surface area (Å²) in [6, 6.07) is 2.27. The number of halogens is 1. The summed E-state index contributed by atoms with van der Waals surface area (Å²) in [5, 5.41) is 20.3. The van der Waals surface area contributed by atoms with Gasteiger partial charge in [-0.3, -0.25) is 14.8 Å². The molecule has 0 radical (unpaired) electrons. The SMILES string of the molecule is C[C@@H](O)[C@H](NC(=O)c1ccc(C#CC#CC2CC2)c(F)c1)C(=O)NO. The minimum absolute atomic E-state index is 0.0523. The fraction of sp³-hybridized carbons (Fsp3) is 0.333. The standard InChI is InChI=1S/C18H17FN2O4/c1-11(22)16(18(24)21-25)20-17(23)14-9-8-13(15(19)10-14)5-3-2-4-12-6-7-12/h8-12,16,22,25H,6-7H2,1H3,(H,20,23)(H,21,24)/t11-,16+/m1/s1. The maximum Gasteiger partial charge on any atom is 0.268 e. The molecule has 2 atom stereocenters. The van der Waals surface area contributed by atoms with E-state index < -0.39 is 29.8 Å². The van der Waals surface area contributed by atoms with Crippen LogP contribution in [0.5, 0.6) is 0 Å². The lowest BCUT2D eigenvalue weighted by molar-refractivity contribution is -0.133. The summed E-state index contributed by atoms with van der Waals surface area (Å²) < 4.78 is 14.0. The highest BCUT2D eigenvalue weighted by atomic mass is 19.1. The topological polar surface area (TPSA) is 98.7 Å². The highest BCUT2D eigenvalue weighted by Crippen LogP contribution is 2.27. The average Bonchev–Trinajstić information content (AvgIpc) is 3.40. The van der Waals surface area contributed by atoms with Crippen LogP contribution in [0.1, 0.15) is 35.7 Å². The van der Waals surface area contributed by atoms with E-state index in [9.17, 15) is 19.1 Å². The Balaban J connectivity index is 2.09. The third-order valence-electron chi connectivity index (χ3n) is 3.51. The summed E-state index contributed by atoms with van der Waals surface area (Å²) in [5.74, 6) is 8.69. The molecule has 0 unspecified atom stereocenters. The van der Waals surface area contributed by atoms with Crippen LogP contribution in [0.15, 0.2) is 18.2 Å². The van der Waals surface area contributed by atoms with Gasteiger partial charge in [-0.05, 0) is 55.7 Å². The Labute approximate surface area is 144 Å². The zero-order valence-electron chi connectivity index (χ0n) is 13.5. The maximum atomic E-state index is 14.0. The molecule has 4 N–H and O–H groups in total. The van der Waals surface area contributed by atoms with Crippen LogP contribution in [0, 0.1) is 35.4 Å². The first kappa shape index (κ1) is 18.5. The van der Waals surface area contributed by atoms with Gasteiger partial charge in [0.2, 0.25) is 0 Å². The molecule has 0 saturated heterocycles. The number of benzene rings is 1. The first-order valence-corrected chi connectivity index (χ1v) is 7.66. The van der Waals surface area contributed by atoms with Gasteiger partial charge in [-0.2, -0.15) is 0 Å². The first-order valence-electron chi connectivity index (χ1n) is 7.66. The number of aliphatic hydroxyl groups excluding tert-OH is 1. The second-order valence-electron chi connectivity index (χ2n) is 5.66. The average molecular weight is 344 g/mol. The first-order chi connectivity index (χ1) is 11.9. The van der Waals surface area contributed by atoms with E-state index in [1.54, 1.807) is 0 Å². The Bertz CT molecular complexity index is 795. The van der Waals surface area contributed by atoms with Crippen molar-refractivity contribution in [2.45, 2.75) is 31.9 Å². The number of rotatable bonds is 4. The van der Waals surface area contributed by atoms with Crippen LogP contribution >= 0.6 is 0 Å². The van der Waals surface area contributed by atoms with Gasteiger partial charge in [0.05, 0.1) is 11.7 Å². The molecular formula is C18H17FN2O4. The highest BCUT2D eigenvalue weighted by Gasteiger charge is 2.26. The molecule has 0 bridgehead atoms. The van der Waals surface area contributed by atoms with Crippen molar-refractivity contribution in [2.24, 2.45) is 5.92 Å². The number of hydrogen-bond acceptors (Lipinski definition) is 4. The van der Waals surface area contributed by atoms with Crippen LogP contribution in [0.4, 0.5) is 4.39 Å². The van der Waals surface area contributed by atoms with Crippen molar-refractivity contribution in [3.05, 3.63) is 35.1 Å². The molecule has 1 aliphatic carbocycles. The van der Waals surface area contributed by atoms with E-state index in [-0.39, 0.29) is 11.1 Å². The number of carbonyl (C=O) groups is 2. The monoisotopic (exact) mass is 344 g/mol. The van der Waals surface area contributed by atoms with E-state index in [2.05, 4.69) is 29.0 Å². The summed E-state index contributed by atoms with van der Waals surface area (Å²) in [4.78, 5) is 23.5. The van der Waals surface area contributed by atoms with Gasteiger partial charge in [0, 0.05) is 11.5 Å². The zero-order valence-corrected chi connectivity index (χ0v) is 13.5. The van der Waals surface area contributed by atoms with Gasteiger partial charge in [-0.15, -0.1) is 0 Å². The maximum absolute atomic E-state index is 14.0. The Morgan fingerprint density at radius 2 is 2.04 bits per heavy atom. The van der Waals surface area contributed by atoms with E-state index >= 15 is 0 Å². The molecule has 0 heterocycles. The normalized spacial score (nSPS) is 14.9. The molecule has 1 aliphatic rings. The van der Waals surface area contributed by atoms with Gasteiger partial charge in [-0.25, -0.2) is 9.87 Å². The second-order valence-corrected chi connectivity index (χ2v) is 5.66. The molecule has 1 fully saturated rings. The summed E-state index contributed by atoms with van der Waals surface area (Å²) in [7, 11) is 0. The predicted molar refractivity (Wildman–Crippen MR) is 86.6 cm³/mol. The third kappa shape index (κ3) is 5.32. The second kappa shape index (κ2) is 8.29. The summed E-state index contributed by atoms with van der Waals surface area (Å²) in [6.45, 7) is 1.27. The fourth-order valence-electron chi connectivity index (χ4n) is 1.92. The van der Waals surface area contributed by atoms with E-state index in [1.165, 1.54) is 24.5 Å².